The van der Waals surface area contributed by atoms with E-state index in [1.165, 1.54) is 7.11 Å². The van der Waals surface area contributed by atoms with Gasteiger partial charge in [0.1, 0.15) is 11.3 Å². The predicted molar refractivity (Wildman–Crippen MR) is 69.3 cm³/mol. The fourth-order valence-electron chi connectivity index (χ4n) is 2.11. The molecule has 2 N–H and O–H groups in total. The third-order valence-electron chi connectivity index (χ3n) is 3.13. The standard InChI is InChI=1S/C13H17ClO4/c1-7-9(4-5-14)10(6-15)8(2)12(16)11(7)13(17)18-3/h15-16H,4-6H2,1-3H3. The Balaban J connectivity index is 3.60. The van der Waals surface area contributed by atoms with Crippen molar-refractivity contribution in [3.8, 4) is 5.75 Å². The minimum absolute atomic E-state index is 0.137. The van der Waals surface area contributed by atoms with E-state index in [1.807, 2.05) is 0 Å². The summed E-state index contributed by atoms with van der Waals surface area (Å²) >= 11 is 5.73. The molecule has 0 saturated heterocycles. The van der Waals surface area contributed by atoms with Crippen LogP contribution in [0.1, 0.15) is 32.6 Å². The van der Waals surface area contributed by atoms with Gasteiger partial charge in [0.15, 0.2) is 0 Å². The van der Waals surface area contributed by atoms with Crippen molar-refractivity contribution < 1.29 is 19.7 Å². The van der Waals surface area contributed by atoms with Crippen LogP contribution in [0.15, 0.2) is 0 Å². The summed E-state index contributed by atoms with van der Waals surface area (Å²) in [5, 5.41) is 19.4. The molecule has 0 spiro atoms. The SMILES string of the molecule is COC(=O)c1c(C)c(CCCl)c(CO)c(C)c1O. The molecule has 100 valence electrons. The van der Waals surface area contributed by atoms with Crippen LogP contribution in [0, 0.1) is 13.8 Å². The quantitative estimate of drug-likeness (QED) is 0.650. The largest absolute Gasteiger partial charge is 0.507 e. The molecule has 1 aromatic rings. The molecule has 0 unspecified atom stereocenters. The number of ether oxygens (including phenoxy) is 1. The normalized spacial score (nSPS) is 10.5. The highest BCUT2D eigenvalue weighted by molar-refractivity contribution is 6.18. The highest BCUT2D eigenvalue weighted by atomic mass is 35.5. The first-order valence-corrected chi connectivity index (χ1v) is 6.12. The smallest absolute Gasteiger partial charge is 0.341 e. The van der Waals surface area contributed by atoms with Crippen molar-refractivity contribution in [2.45, 2.75) is 26.9 Å². The number of rotatable bonds is 4. The number of hydrogen-bond donors (Lipinski definition) is 2. The lowest BCUT2D eigenvalue weighted by atomic mass is 9.90. The number of aromatic hydroxyl groups is 1. The van der Waals surface area contributed by atoms with Crippen LogP contribution in [0.25, 0.3) is 0 Å². The number of aliphatic hydroxyl groups excluding tert-OH is 1. The van der Waals surface area contributed by atoms with Crippen LogP contribution in [0.5, 0.6) is 5.75 Å². The van der Waals surface area contributed by atoms with E-state index >= 15 is 0 Å². The van der Waals surface area contributed by atoms with Gasteiger partial charge in [-0.25, -0.2) is 4.79 Å². The maximum absolute atomic E-state index is 11.7. The lowest BCUT2D eigenvalue weighted by molar-refractivity contribution is 0.0596. The molecule has 5 heteroatoms. The van der Waals surface area contributed by atoms with Crippen molar-refractivity contribution in [2.24, 2.45) is 0 Å². The number of alkyl halides is 1. The molecule has 0 aromatic heterocycles. The second kappa shape index (κ2) is 6.07. The molecule has 0 aliphatic heterocycles. The molecule has 0 saturated carbocycles. The molecule has 0 aliphatic carbocycles. The highest BCUT2D eigenvalue weighted by Crippen LogP contribution is 2.33. The van der Waals surface area contributed by atoms with Gasteiger partial charge in [-0.15, -0.1) is 11.6 Å². The maximum Gasteiger partial charge on any atom is 0.341 e. The minimum Gasteiger partial charge on any atom is -0.507 e. The van der Waals surface area contributed by atoms with Crippen molar-refractivity contribution in [1.82, 2.24) is 0 Å². The molecule has 4 nitrogen and oxygen atoms in total. The predicted octanol–water partition coefficient (Wildman–Crippen LogP) is 2.07. The number of carbonyl (C=O) groups is 1. The van der Waals surface area contributed by atoms with Crippen LogP contribution < -0.4 is 0 Å². The molecule has 0 fully saturated rings. The third kappa shape index (κ3) is 2.44. The van der Waals surface area contributed by atoms with E-state index in [1.54, 1.807) is 13.8 Å². The first-order valence-electron chi connectivity index (χ1n) is 5.58. The molecule has 0 heterocycles. The van der Waals surface area contributed by atoms with Crippen molar-refractivity contribution in [2.75, 3.05) is 13.0 Å². The molecule has 0 amide bonds. The van der Waals surface area contributed by atoms with Gasteiger partial charge in [-0.05, 0) is 42.5 Å². The van der Waals surface area contributed by atoms with Crippen molar-refractivity contribution in [1.29, 1.82) is 0 Å². The highest BCUT2D eigenvalue weighted by Gasteiger charge is 2.23. The van der Waals surface area contributed by atoms with Crippen molar-refractivity contribution in [3.05, 3.63) is 27.8 Å². The van der Waals surface area contributed by atoms with Crippen molar-refractivity contribution >= 4 is 17.6 Å². The minimum atomic E-state index is -0.589. The number of halogens is 1. The van der Waals surface area contributed by atoms with Gasteiger partial charge in [-0.3, -0.25) is 0 Å². The topological polar surface area (TPSA) is 66.8 Å². The number of phenols is 1. The van der Waals surface area contributed by atoms with E-state index in [-0.39, 0.29) is 17.9 Å². The summed E-state index contributed by atoms with van der Waals surface area (Å²) in [7, 11) is 1.26. The van der Waals surface area contributed by atoms with Gasteiger partial charge in [0, 0.05) is 5.88 Å². The number of carbonyl (C=O) groups excluding carboxylic acids is 1. The number of esters is 1. The van der Waals surface area contributed by atoms with E-state index < -0.39 is 5.97 Å². The molecule has 0 radical (unpaired) electrons. The Kier molecular flexibility index (Phi) is 4.99. The Bertz CT molecular complexity index is 469. The fraction of sp³-hybridized carbons (Fsp3) is 0.462. The lowest BCUT2D eigenvalue weighted by Gasteiger charge is -2.18. The average Bonchev–Trinajstić information content (AvgIpc) is 2.36. The summed E-state index contributed by atoms with van der Waals surface area (Å²) in [6.07, 6.45) is 0.522. The summed E-state index contributed by atoms with van der Waals surface area (Å²) in [6, 6.07) is 0. The number of phenolic OH excluding ortho intramolecular Hbond substituents is 1. The van der Waals surface area contributed by atoms with Crippen LogP contribution in [0.3, 0.4) is 0 Å². The van der Waals surface area contributed by atoms with E-state index in [0.29, 0.717) is 29.0 Å². The Hall–Kier alpha value is -1.26. The second-order valence-corrected chi connectivity index (χ2v) is 4.40. The van der Waals surface area contributed by atoms with Crippen LogP contribution in [0.2, 0.25) is 0 Å². The Morgan fingerprint density at radius 2 is 1.89 bits per heavy atom. The number of aliphatic hydroxyl groups is 1. The van der Waals surface area contributed by atoms with Gasteiger partial charge in [0.25, 0.3) is 0 Å². The molecule has 0 atom stereocenters. The van der Waals surface area contributed by atoms with Gasteiger partial charge in [0.2, 0.25) is 0 Å². The molecule has 1 rings (SSSR count). The molecule has 18 heavy (non-hydrogen) atoms. The van der Waals surface area contributed by atoms with Crippen LogP contribution >= 0.6 is 11.6 Å². The fourth-order valence-corrected chi connectivity index (χ4v) is 2.30. The molecule has 0 aliphatic rings. The Morgan fingerprint density at radius 3 is 2.33 bits per heavy atom. The Labute approximate surface area is 111 Å². The van der Waals surface area contributed by atoms with Crippen LogP contribution in [0.4, 0.5) is 0 Å². The zero-order valence-corrected chi connectivity index (χ0v) is 11.5. The number of methoxy groups -OCH3 is 1. The molecule has 1 aromatic carbocycles. The summed E-state index contributed by atoms with van der Waals surface area (Å²) in [5.74, 6) is -0.353. The lowest BCUT2D eigenvalue weighted by Crippen LogP contribution is -2.11. The zero-order chi connectivity index (χ0) is 13.9. The van der Waals surface area contributed by atoms with Gasteiger partial charge in [0.05, 0.1) is 13.7 Å². The Morgan fingerprint density at radius 1 is 1.28 bits per heavy atom. The van der Waals surface area contributed by atoms with Gasteiger partial charge in [-0.1, -0.05) is 0 Å². The second-order valence-electron chi connectivity index (χ2n) is 4.02. The van der Waals surface area contributed by atoms with Gasteiger partial charge in [-0.2, -0.15) is 0 Å². The van der Waals surface area contributed by atoms with Gasteiger partial charge >= 0.3 is 5.97 Å². The summed E-state index contributed by atoms with van der Waals surface area (Å²) in [4.78, 5) is 11.7. The van der Waals surface area contributed by atoms with E-state index in [2.05, 4.69) is 4.74 Å². The number of benzene rings is 1. The third-order valence-corrected chi connectivity index (χ3v) is 3.32. The van der Waals surface area contributed by atoms with E-state index in [4.69, 9.17) is 11.6 Å². The summed E-state index contributed by atoms with van der Waals surface area (Å²) in [5.41, 5.74) is 2.66. The first kappa shape index (κ1) is 14.8. The zero-order valence-electron chi connectivity index (χ0n) is 10.7. The monoisotopic (exact) mass is 272 g/mol. The van der Waals surface area contributed by atoms with E-state index in [0.717, 1.165) is 5.56 Å². The van der Waals surface area contributed by atoms with Crippen LogP contribution in [-0.4, -0.2) is 29.2 Å². The van der Waals surface area contributed by atoms with Crippen molar-refractivity contribution in [3.63, 3.8) is 0 Å². The number of hydrogen-bond acceptors (Lipinski definition) is 4. The molecular weight excluding hydrogens is 256 g/mol. The van der Waals surface area contributed by atoms with Crippen LogP contribution in [-0.2, 0) is 17.8 Å². The first-order chi connectivity index (χ1) is 8.49. The van der Waals surface area contributed by atoms with E-state index in [9.17, 15) is 15.0 Å². The molecular formula is C13H17ClO4. The average molecular weight is 273 g/mol. The molecule has 0 bridgehead atoms. The summed E-state index contributed by atoms with van der Waals surface area (Å²) in [6.45, 7) is 3.17. The van der Waals surface area contributed by atoms with Gasteiger partial charge < -0.3 is 14.9 Å². The maximum atomic E-state index is 11.7. The summed E-state index contributed by atoms with van der Waals surface area (Å²) < 4.78 is 4.67.